The minimum absolute atomic E-state index is 0.164. The van der Waals surface area contributed by atoms with Crippen LogP contribution in [0.2, 0.25) is 5.02 Å². The van der Waals surface area contributed by atoms with Crippen LogP contribution in [0.5, 0.6) is 0 Å². The highest BCUT2D eigenvalue weighted by atomic mass is 35.5. The van der Waals surface area contributed by atoms with E-state index in [4.69, 9.17) is 16.9 Å². The number of benzene rings is 2. The zero-order valence-electron chi connectivity index (χ0n) is 14.5. The Bertz CT molecular complexity index is 792. The van der Waals surface area contributed by atoms with E-state index in [-0.39, 0.29) is 5.91 Å². The fraction of sp³-hybridized carbons (Fsp3) is 0.300. The molecular weight excluding hydrogens is 348 g/mol. The third-order valence-electron chi connectivity index (χ3n) is 4.49. The lowest BCUT2D eigenvalue weighted by Gasteiger charge is -2.36. The van der Waals surface area contributed by atoms with Crippen molar-refractivity contribution in [1.82, 2.24) is 4.90 Å². The van der Waals surface area contributed by atoms with Crippen molar-refractivity contribution in [3.05, 3.63) is 59.1 Å². The summed E-state index contributed by atoms with van der Waals surface area (Å²) in [5.74, 6) is 0.164. The summed E-state index contributed by atoms with van der Waals surface area (Å²) in [4.78, 5) is 16.6. The van der Waals surface area contributed by atoms with E-state index in [0.717, 1.165) is 42.6 Å². The van der Waals surface area contributed by atoms with Crippen LogP contribution >= 0.6 is 11.6 Å². The van der Waals surface area contributed by atoms with Crippen LogP contribution in [-0.4, -0.2) is 43.5 Å². The molecule has 3 rings (SSSR count). The van der Waals surface area contributed by atoms with Gasteiger partial charge >= 0.3 is 0 Å². The third-order valence-corrected chi connectivity index (χ3v) is 4.72. The highest BCUT2D eigenvalue weighted by Gasteiger charge is 2.21. The summed E-state index contributed by atoms with van der Waals surface area (Å²) >= 11 is 6.05. The van der Waals surface area contributed by atoms with E-state index < -0.39 is 0 Å². The van der Waals surface area contributed by atoms with E-state index >= 15 is 0 Å². The Hall–Kier alpha value is -2.71. The van der Waals surface area contributed by atoms with Crippen molar-refractivity contribution in [2.24, 2.45) is 0 Å². The van der Waals surface area contributed by atoms with E-state index in [1.807, 2.05) is 41.3 Å². The van der Waals surface area contributed by atoms with Gasteiger partial charge in [0.05, 0.1) is 11.6 Å². The molecule has 0 aliphatic carbocycles. The van der Waals surface area contributed by atoms with Crippen LogP contribution in [0, 0.1) is 11.3 Å². The Balaban J connectivity index is 1.42. The molecule has 1 aliphatic heterocycles. The minimum Gasteiger partial charge on any atom is -0.385 e. The highest BCUT2D eigenvalue weighted by molar-refractivity contribution is 6.30. The van der Waals surface area contributed by atoms with Crippen LogP contribution in [0.3, 0.4) is 0 Å². The summed E-state index contributed by atoms with van der Waals surface area (Å²) < 4.78 is 0. The molecular formula is C20H21ClN4O. The molecule has 1 N–H and O–H groups in total. The first-order valence-electron chi connectivity index (χ1n) is 8.68. The third kappa shape index (κ3) is 4.68. The maximum absolute atomic E-state index is 12.4. The van der Waals surface area contributed by atoms with Gasteiger partial charge in [-0.25, -0.2) is 0 Å². The molecule has 1 fully saturated rings. The van der Waals surface area contributed by atoms with Crippen LogP contribution in [0.25, 0.3) is 0 Å². The first kappa shape index (κ1) is 18.1. The Labute approximate surface area is 158 Å². The number of hydrogen-bond acceptors (Lipinski definition) is 4. The number of carbonyl (C=O) groups excluding carboxylic acids is 1. The largest absolute Gasteiger partial charge is 0.385 e. The van der Waals surface area contributed by atoms with E-state index in [1.165, 1.54) is 0 Å². The Morgan fingerprint density at radius 2 is 1.85 bits per heavy atom. The molecule has 0 unspecified atom stereocenters. The zero-order valence-corrected chi connectivity index (χ0v) is 15.2. The van der Waals surface area contributed by atoms with Crippen molar-refractivity contribution in [2.75, 3.05) is 42.9 Å². The zero-order chi connectivity index (χ0) is 18.4. The van der Waals surface area contributed by atoms with Crippen molar-refractivity contribution >= 4 is 28.9 Å². The molecule has 0 aromatic heterocycles. The van der Waals surface area contributed by atoms with Gasteiger partial charge in [0.25, 0.3) is 0 Å². The molecule has 1 heterocycles. The lowest BCUT2D eigenvalue weighted by atomic mass is 10.2. The number of nitrogens with one attached hydrogen (secondary N) is 1. The number of halogens is 1. The molecule has 1 saturated heterocycles. The molecule has 0 saturated carbocycles. The molecule has 2 aromatic carbocycles. The van der Waals surface area contributed by atoms with Crippen molar-refractivity contribution < 1.29 is 4.79 Å². The van der Waals surface area contributed by atoms with E-state index in [0.29, 0.717) is 18.5 Å². The molecule has 5 nitrogen and oxygen atoms in total. The highest BCUT2D eigenvalue weighted by Crippen LogP contribution is 2.21. The number of anilines is 2. The van der Waals surface area contributed by atoms with Gasteiger partial charge in [0.1, 0.15) is 0 Å². The molecule has 0 spiro atoms. The number of rotatable bonds is 5. The minimum atomic E-state index is 0.164. The average Bonchev–Trinajstić information content (AvgIpc) is 2.68. The van der Waals surface area contributed by atoms with Gasteiger partial charge in [-0.05, 0) is 42.5 Å². The van der Waals surface area contributed by atoms with Crippen molar-refractivity contribution in [3.63, 3.8) is 0 Å². The number of amides is 1. The molecule has 0 atom stereocenters. The van der Waals surface area contributed by atoms with Gasteiger partial charge in [-0.3, -0.25) is 4.79 Å². The lowest BCUT2D eigenvalue weighted by Crippen LogP contribution is -2.49. The van der Waals surface area contributed by atoms with Crippen LogP contribution in [0.1, 0.15) is 12.0 Å². The summed E-state index contributed by atoms with van der Waals surface area (Å²) in [5.41, 5.74) is 2.65. The Kier molecular flexibility index (Phi) is 5.98. The van der Waals surface area contributed by atoms with Crippen LogP contribution < -0.4 is 10.2 Å². The summed E-state index contributed by atoms with van der Waals surface area (Å²) in [5, 5.41) is 12.8. The summed E-state index contributed by atoms with van der Waals surface area (Å²) in [6.45, 7) is 3.66. The molecule has 1 aliphatic rings. The molecule has 0 radical (unpaired) electrons. The number of piperazine rings is 1. The molecule has 26 heavy (non-hydrogen) atoms. The van der Waals surface area contributed by atoms with Crippen LogP contribution in [-0.2, 0) is 4.79 Å². The van der Waals surface area contributed by atoms with Gasteiger partial charge in [-0.2, -0.15) is 5.26 Å². The van der Waals surface area contributed by atoms with Crippen molar-refractivity contribution in [2.45, 2.75) is 6.42 Å². The maximum atomic E-state index is 12.4. The summed E-state index contributed by atoms with van der Waals surface area (Å²) in [6, 6.07) is 17.1. The quantitative estimate of drug-likeness (QED) is 0.879. The SMILES string of the molecule is N#Cc1ccc(NCCC(=O)N2CCN(c3cccc(Cl)c3)CC2)cc1. The second kappa shape index (κ2) is 8.59. The van der Waals surface area contributed by atoms with Gasteiger partial charge in [0, 0.05) is 55.5 Å². The topological polar surface area (TPSA) is 59.4 Å². The monoisotopic (exact) mass is 368 g/mol. The van der Waals surface area contributed by atoms with Crippen LogP contribution in [0.15, 0.2) is 48.5 Å². The second-order valence-corrected chi connectivity index (χ2v) is 6.65. The average molecular weight is 369 g/mol. The molecule has 1 amide bonds. The number of nitrogens with zero attached hydrogens (tertiary/aromatic N) is 3. The number of nitriles is 1. The number of carbonyl (C=O) groups is 1. The molecule has 2 aromatic rings. The van der Waals surface area contributed by atoms with E-state index in [1.54, 1.807) is 12.1 Å². The normalized spacial score (nSPS) is 14.0. The van der Waals surface area contributed by atoms with E-state index in [9.17, 15) is 4.79 Å². The van der Waals surface area contributed by atoms with Crippen molar-refractivity contribution in [1.29, 1.82) is 5.26 Å². The standard InChI is InChI=1S/C20H21ClN4O/c21-17-2-1-3-19(14-17)24-10-12-25(13-11-24)20(26)8-9-23-18-6-4-16(15-22)5-7-18/h1-7,14,23H,8-13H2. The van der Waals surface area contributed by atoms with Crippen LogP contribution in [0.4, 0.5) is 11.4 Å². The van der Waals surface area contributed by atoms with Gasteiger partial charge in [-0.1, -0.05) is 17.7 Å². The Morgan fingerprint density at radius 1 is 1.12 bits per heavy atom. The van der Waals surface area contributed by atoms with Gasteiger partial charge in [0.2, 0.25) is 5.91 Å². The predicted octanol–water partition coefficient (Wildman–Crippen LogP) is 3.36. The van der Waals surface area contributed by atoms with Gasteiger partial charge in [0.15, 0.2) is 0 Å². The molecule has 134 valence electrons. The van der Waals surface area contributed by atoms with Gasteiger partial charge < -0.3 is 15.1 Å². The first-order valence-corrected chi connectivity index (χ1v) is 9.06. The fourth-order valence-electron chi connectivity index (χ4n) is 3.02. The lowest BCUT2D eigenvalue weighted by molar-refractivity contribution is -0.131. The summed E-state index contributed by atoms with van der Waals surface area (Å²) in [7, 11) is 0. The van der Waals surface area contributed by atoms with Crippen molar-refractivity contribution in [3.8, 4) is 6.07 Å². The predicted molar refractivity (Wildman–Crippen MR) is 105 cm³/mol. The Morgan fingerprint density at radius 3 is 2.50 bits per heavy atom. The summed E-state index contributed by atoms with van der Waals surface area (Å²) in [6.07, 6.45) is 0.456. The molecule has 6 heteroatoms. The molecule has 0 bridgehead atoms. The second-order valence-electron chi connectivity index (χ2n) is 6.21. The fourth-order valence-corrected chi connectivity index (χ4v) is 3.21. The first-order chi connectivity index (χ1) is 12.7. The maximum Gasteiger partial charge on any atom is 0.224 e. The smallest absolute Gasteiger partial charge is 0.224 e. The number of hydrogen-bond donors (Lipinski definition) is 1. The van der Waals surface area contributed by atoms with Gasteiger partial charge in [-0.15, -0.1) is 0 Å². The van der Waals surface area contributed by atoms with E-state index in [2.05, 4.69) is 16.3 Å².